The maximum absolute atomic E-state index is 11.5. The minimum absolute atomic E-state index is 0.0632. The van der Waals surface area contributed by atoms with E-state index in [1.165, 1.54) is 11.3 Å². The quantitative estimate of drug-likeness (QED) is 0.777. The Morgan fingerprint density at radius 1 is 1.37 bits per heavy atom. The summed E-state index contributed by atoms with van der Waals surface area (Å²) >= 11 is 13.4. The molecule has 0 aliphatic rings. The normalized spacial score (nSPS) is 13.7. The average Bonchev–Trinajstić information content (AvgIpc) is 2.67. The molecule has 0 bridgehead atoms. The van der Waals surface area contributed by atoms with E-state index >= 15 is 0 Å². The third-order valence-electron chi connectivity index (χ3n) is 2.90. The predicted octanol–water partition coefficient (Wildman–Crippen LogP) is 3.92. The third kappa shape index (κ3) is 5.60. The fourth-order valence-corrected chi connectivity index (χ4v) is 4.33. The van der Waals surface area contributed by atoms with Crippen LogP contribution in [-0.4, -0.2) is 26.5 Å². The molecule has 0 amide bonds. The Bertz CT molecular complexity index is 500. The number of rotatable bonds is 8. The second-order valence-corrected chi connectivity index (χ2v) is 9.03. The van der Waals surface area contributed by atoms with Gasteiger partial charge in [0.1, 0.15) is 9.84 Å². The van der Waals surface area contributed by atoms with Crippen molar-refractivity contribution in [2.45, 2.75) is 32.7 Å². The summed E-state index contributed by atoms with van der Waals surface area (Å²) in [6.45, 7) is 4.49. The minimum Gasteiger partial charge on any atom is -0.310 e. The van der Waals surface area contributed by atoms with Crippen LogP contribution in [-0.2, 0) is 9.84 Å². The van der Waals surface area contributed by atoms with Crippen molar-refractivity contribution in [1.82, 2.24) is 5.32 Å². The summed E-state index contributed by atoms with van der Waals surface area (Å²) in [5.41, 5.74) is 0.965. The molecule has 1 aromatic rings. The van der Waals surface area contributed by atoms with Gasteiger partial charge in [-0.25, -0.2) is 8.42 Å². The van der Waals surface area contributed by atoms with Crippen LogP contribution in [0.25, 0.3) is 0 Å². The second kappa shape index (κ2) is 7.84. The smallest absolute Gasteiger partial charge is 0.150 e. The molecular formula is C12H19Cl2NO2S2. The highest BCUT2D eigenvalue weighted by Gasteiger charge is 2.18. The molecule has 3 nitrogen and oxygen atoms in total. The molecule has 0 spiro atoms. The molecule has 1 atom stereocenters. The Morgan fingerprint density at radius 3 is 2.53 bits per heavy atom. The molecule has 1 heterocycles. The lowest BCUT2D eigenvalue weighted by molar-refractivity contribution is 0.508. The van der Waals surface area contributed by atoms with E-state index in [-0.39, 0.29) is 17.5 Å². The molecule has 0 saturated carbocycles. The summed E-state index contributed by atoms with van der Waals surface area (Å²) in [7, 11) is -2.90. The first kappa shape index (κ1) is 17.2. The summed E-state index contributed by atoms with van der Waals surface area (Å²) in [5.74, 6) is 0.421. The van der Waals surface area contributed by atoms with E-state index in [4.69, 9.17) is 23.2 Å². The number of hydrogen-bond acceptors (Lipinski definition) is 4. The summed E-state index contributed by atoms with van der Waals surface area (Å²) in [6.07, 6.45) is 1.36. The highest BCUT2D eigenvalue weighted by Crippen LogP contribution is 2.36. The van der Waals surface area contributed by atoms with Crippen molar-refractivity contribution in [3.63, 3.8) is 0 Å². The van der Waals surface area contributed by atoms with E-state index in [9.17, 15) is 8.42 Å². The first-order chi connectivity index (χ1) is 8.89. The molecule has 7 heteroatoms. The lowest BCUT2D eigenvalue weighted by atomic mass is 10.1. The van der Waals surface area contributed by atoms with Crippen LogP contribution in [0.4, 0.5) is 0 Å². The molecule has 0 saturated heterocycles. The van der Waals surface area contributed by atoms with Crippen molar-refractivity contribution >= 4 is 44.4 Å². The van der Waals surface area contributed by atoms with Gasteiger partial charge in [0, 0.05) is 17.4 Å². The number of hydrogen-bond donors (Lipinski definition) is 1. The standard InChI is InChI=1S/C12H19Cl2NO2S2/c1-3-15-10(6-5-7-19(16,17)4-2)9-8-11(13)18-12(9)14/h8,10,15H,3-7H2,1-2H3. The van der Waals surface area contributed by atoms with Gasteiger partial charge in [0.15, 0.2) is 0 Å². The first-order valence-electron chi connectivity index (χ1n) is 6.28. The monoisotopic (exact) mass is 343 g/mol. The Labute approximate surface area is 129 Å². The van der Waals surface area contributed by atoms with Gasteiger partial charge >= 0.3 is 0 Å². The van der Waals surface area contributed by atoms with Gasteiger partial charge in [0.05, 0.1) is 14.4 Å². The lowest BCUT2D eigenvalue weighted by Crippen LogP contribution is -2.21. The number of halogens is 2. The van der Waals surface area contributed by atoms with Gasteiger partial charge in [0.25, 0.3) is 0 Å². The van der Waals surface area contributed by atoms with Crippen molar-refractivity contribution in [2.24, 2.45) is 0 Å². The maximum atomic E-state index is 11.5. The van der Waals surface area contributed by atoms with E-state index in [0.717, 1.165) is 18.5 Å². The number of nitrogens with one attached hydrogen (secondary N) is 1. The molecule has 1 unspecified atom stereocenters. The van der Waals surface area contributed by atoms with Crippen LogP contribution in [0, 0.1) is 0 Å². The average molecular weight is 344 g/mol. The zero-order chi connectivity index (χ0) is 14.5. The molecule has 110 valence electrons. The Balaban J connectivity index is 2.66. The van der Waals surface area contributed by atoms with Crippen molar-refractivity contribution < 1.29 is 8.42 Å². The van der Waals surface area contributed by atoms with Gasteiger partial charge < -0.3 is 5.32 Å². The molecule has 1 aromatic heterocycles. The maximum Gasteiger partial charge on any atom is 0.150 e. The van der Waals surface area contributed by atoms with E-state index in [2.05, 4.69) is 5.32 Å². The van der Waals surface area contributed by atoms with Crippen molar-refractivity contribution in [2.75, 3.05) is 18.1 Å². The van der Waals surface area contributed by atoms with E-state index in [0.29, 0.717) is 15.1 Å². The predicted molar refractivity (Wildman–Crippen MR) is 84.3 cm³/mol. The third-order valence-corrected chi connectivity index (χ3v) is 6.21. The van der Waals surface area contributed by atoms with Crippen molar-refractivity contribution in [3.8, 4) is 0 Å². The first-order valence-corrected chi connectivity index (χ1v) is 9.67. The molecule has 0 radical (unpaired) electrons. The van der Waals surface area contributed by atoms with Gasteiger partial charge in [0.2, 0.25) is 0 Å². The summed E-state index contributed by atoms with van der Waals surface area (Å²) in [4.78, 5) is 0. The minimum atomic E-state index is -2.90. The molecule has 0 aliphatic carbocycles. The highest BCUT2D eigenvalue weighted by molar-refractivity contribution is 7.91. The lowest BCUT2D eigenvalue weighted by Gasteiger charge is -2.17. The van der Waals surface area contributed by atoms with Crippen LogP contribution in [0.3, 0.4) is 0 Å². The molecule has 1 rings (SSSR count). The fourth-order valence-electron chi connectivity index (χ4n) is 1.86. The molecule has 0 aromatic carbocycles. The summed E-state index contributed by atoms with van der Waals surface area (Å²) < 4.78 is 24.3. The second-order valence-electron chi connectivity index (χ2n) is 4.27. The van der Waals surface area contributed by atoms with Gasteiger partial charge in [-0.3, -0.25) is 0 Å². The Kier molecular flexibility index (Phi) is 7.11. The van der Waals surface area contributed by atoms with E-state index in [1.54, 1.807) is 6.92 Å². The summed E-state index contributed by atoms with van der Waals surface area (Å²) in [5, 5.41) is 3.33. The fraction of sp³-hybridized carbons (Fsp3) is 0.667. The largest absolute Gasteiger partial charge is 0.310 e. The summed E-state index contributed by atoms with van der Waals surface area (Å²) in [6, 6.07) is 1.92. The van der Waals surface area contributed by atoms with Crippen LogP contribution < -0.4 is 5.32 Å². The van der Waals surface area contributed by atoms with E-state index < -0.39 is 9.84 Å². The van der Waals surface area contributed by atoms with Gasteiger partial charge in [-0.2, -0.15) is 0 Å². The Hall–Kier alpha value is 0.190. The Morgan fingerprint density at radius 2 is 2.05 bits per heavy atom. The van der Waals surface area contributed by atoms with Crippen molar-refractivity contribution in [1.29, 1.82) is 0 Å². The van der Waals surface area contributed by atoms with E-state index in [1.807, 2.05) is 13.0 Å². The van der Waals surface area contributed by atoms with Gasteiger partial charge in [-0.05, 0) is 25.5 Å². The zero-order valence-corrected chi connectivity index (χ0v) is 14.2. The molecule has 0 aliphatic heterocycles. The topological polar surface area (TPSA) is 46.2 Å². The van der Waals surface area contributed by atoms with Crippen LogP contribution in [0.15, 0.2) is 6.07 Å². The van der Waals surface area contributed by atoms with Crippen LogP contribution in [0.2, 0.25) is 8.67 Å². The number of thiophene rings is 1. The molecule has 0 fully saturated rings. The SMILES string of the molecule is CCNC(CCCS(=O)(=O)CC)c1cc(Cl)sc1Cl. The van der Waals surface area contributed by atoms with Gasteiger partial charge in [-0.15, -0.1) is 11.3 Å². The molecular weight excluding hydrogens is 325 g/mol. The van der Waals surface area contributed by atoms with Crippen LogP contribution in [0.1, 0.15) is 38.3 Å². The van der Waals surface area contributed by atoms with Crippen molar-refractivity contribution in [3.05, 3.63) is 20.3 Å². The van der Waals surface area contributed by atoms with Gasteiger partial charge in [-0.1, -0.05) is 37.0 Å². The highest BCUT2D eigenvalue weighted by atomic mass is 35.5. The molecule has 1 N–H and O–H groups in total. The van der Waals surface area contributed by atoms with Crippen LogP contribution in [0.5, 0.6) is 0 Å². The number of sulfone groups is 1. The molecule has 19 heavy (non-hydrogen) atoms. The van der Waals surface area contributed by atoms with Crippen LogP contribution >= 0.6 is 34.5 Å². The zero-order valence-electron chi connectivity index (χ0n) is 11.1.